The van der Waals surface area contributed by atoms with E-state index in [1.165, 1.54) is 49.5 Å². The summed E-state index contributed by atoms with van der Waals surface area (Å²) in [5.74, 6) is 0.0478. The molecule has 4 aliphatic rings. The quantitative estimate of drug-likeness (QED) is 0.203. The van der Waals surface area contributed by atoms with E-state index in [2.05, 4.69) is 125 Å². The van der Waals surface area contributed by atoms with Gasteiger partial charge in [0.15, 0.2) is 0 Å². The molecule has 5 aromatic rings. The first-order valence-electron chi connectivity index (χ1n) is 16.8. The lowest BCUT2D eigenvalue weighted by atomic mass is 9.77. The maximum Gasteiger partial charge on any atom is 0.101 e. The number of fused-ring (bicyclic) bond motifs is 6. The van der Waals surface area contributed by atoms with Crippen LogP contribution in [0.25, 0.3) is 28.2 Å². The smallest absolute Gasteiger partial charge is 0.101 e. The number of hydrogen-bond acceptors (Lipinski definition) is 3. The van der Waals surface area contributed by atoms with Gasteiger partial charge in [-0.3, -0.25) is 0 Å². The lowest BCUT2D eigenvalue weighted by Gasteiger charge is -2.33. The summed E-state index contributed by atoms with van der Waals surface area (Å²) in [5, 5.41) is 23.9. The molecule has 0 radical (unpaired) electrons. The highest BCUT2D eigenvalue weighted by Gasteiger charge is 2.42. The van der Waals surface area contributed by atoms with E-state index in [9.17, 15) is 10.5 Å². The molecule has 0 saturated heterocycles. The van der Waals surface area contributed by atoms with Crippen LogP contribution in [0.5, 0.6) is 0 Å². The summed E-state index contributed by atoms with van der Waals surface area (Å²) < 4.78 is 2.46. The highest BCUT2D eigenvalue weighted by Crippen LogP contribution is 2.53. The zero-order valence-corrected chi connectivity index (χ0v) is 26.5. The van der Waals surface area contributed by atoms with E-state index in [0.717, 1.165) is 42.6 Å². The predicted molar refractivity (Wildman–Crippen MR) is 193 cm³/mol. The lowest BCUT2D eigenvalue weighted by molar-refractivity contribution is 0.704. The fraction of sp³-hybridized carbons (Fsp3) is 0.136. The normalized spacial score (nSPS) is 19.2. The third kappa shape index (κ3) is 4.27. The Labute approximate surface area is 280 Å². The zero-order valence-electron chi connectivity index (χ0n) is 26.5. The Kier molecular flexibility index (Phi) is 6.63. The van der Waals surface area contributed by atoms with Crippen molar-refractivity contribution in [1.82, 2.24) is 4.57 Å². The first kappa shape index (κ1) is 28.1. The van der Waals surface area contributed by atoms with Gasteiger partial charge in [0.2, 0.25) is 0 Å². The average Bonchev–Trinajstić information content (AvgIpc) is 3.68. The van der Waals surface area contributed by atoms with Crippen LogP contribution in [0.15, 0.2) is 144 Å². The van der Waals surface area contributed by atoms with Crippen molar-refractivity contribution in [3.05, 3.63) is 171 Å². The van der Waals surface area contributed by atoms with E-state index >= 15 is 0 Å². The van der Waals surface area contributed by atoms with E-state index in [1.807, 2.05) is 30.3 Å². The van der Waals surface area contributed by atoms with Gasteiger partial charge in [0.1, 0.15) is 6.07 Å². The molecule has 1 aromatic heterocycles. The van der Waals surface area contributed by atoms with Gasteiger partial charge in [-0.05, 0) is 102 Å². The Balaban J connectivity index is 1.21. The van der Waals surface area contributed by atoms with Crippen LogP contribution in [0, 0.1) is 22.7 Å². The fourth-order valence-electron chi connectivity index (χ4n) is 8.40. The summed E-state index contributed by atoms with van der Waals surface area (Å²) in [6.07, 6.45) is 18.0. The van der Waals surface area contributed by atoms with Crippen molar-refractivity contribution in [3.63, 3.8) is 0 Å². The summed E-state index contributed by atoms with van der Waals surface area (Å²) in [4.78, 5) is 2.31. The molecule has 3 aliphatic carbocycles. The van der Waals surface area contributed by atoms with Gasteiger partial charge in [-0.25, -0.2) is 0 Å². The summed E-state index contributed by atoms with van der Waals surface area (Å²) in [5.41, 5.74) is 12.2. The Morgan fingerprint density at radius 2 is 1.56 bits per heavy atom. The van der Waals surface area contributed by atoms with Crippen LogP contribution in [0.4, 0.5) is 11.4 Å². The van der Waals surface area contributed by atoms with Crippen LogP contribution in [-0.2, 0) is 0 Å². The molecule has 228 valence electrons. The number of hydrogen-bond donors (Lipinski definition) is 0. The summed E-state index contributed by atoms with van der Waals surface area (Å²) in [6, 6.07) is 38.2. The zero-order chi connectivity index (χ0) is 32.2. The van der Waals surface area contributed by atoms with Crippen LogP contribution in [0.2, 0.25) is 0 Å². The highest BCUT2D eigenvalue weighted by atomic mass is 15.2. The van der Waals surface area contributed by atoms with Gasteiger partial charge in [-0.2, -0.15) is 10.5 Å². The van der Waals surface area contributed by atoms with Crippen molar-refractivity contribution >= 4 is 33.9 Å². The van der Waals surface area contributed by atoms with Crippen molar-refractivity contribution in [2.24, 2.45) is 0 Å². The standard InChI is InChI=1S/C44H32N4/c45-27-29-23-24-41-38(25-29)43-34(17-10-22-42(43)48(41)39-20-6-4-11-32(39)28-46)30-12-8-13-31(26-30)35-18-9-19-37-36-16-5-7-21-40(36)47(44(35)37)33-14-2-1-3-15-33/h1-7,10-11,13-17,19-26,42-43H,8-9,12,18H2. The predicted octanol–water partition coefficient (Wildman–Crippen LogP) is 8.55. The topological polar surface area (TPSA) is 55.8 Å². The second-order valence-electron chi connectivity index (χ2n) is 12.9. The molecule has 9 rings (SSSR count). The minimum absolute atomic E-state index is 0.00264. The molecule has 4 heteroatoms. The third-order valence-electron chi connectivity index (χ3n) is 10.4. The van der Waals surface area contributed by atoms with E-state index in [1.54, 1.807) is 0 Å². The van der Waals surface area contributed by atoms with Crippen molar-refractivity contribution in [2.45, 2.75) is 37.6 Å². The molecule has 48 heavy (non-hydrogen) atoms. The van der Waals surface area contributed by atoms with Crippen molar-refractivity contribution < 1.29 is 0 Å². The SMILES string of the molecule is N#Cc1ccc2c(c1)C1C(C3=CC(C4=c5c(c6ccccc6n5-c5ccccc5)=CCC4)=CCC3)=CC=CC1N2c1ccccc1C#N. The fourth-order valence-corrected chi connectivity index (χ4v) is 8.40. The van der Waals surface area contributed by atoms with Crippen molar-refractivity contribution in [3.8, 4) is 17.8 Å². The summed E-state index contributed by atoms with van der Waals surface area (Å²) >= 11 is 0. The molecule has 0 fully saturated rings. The van der Waals surface area contributed by atoms with E-state index in [-0.39, 0.29) is 12.0 Å². The monoisotopic (exact) mass is 616 g/mol. The van der Waals surface area contributed by atoms with E-state index in [4.69, 9.17) is 0 Å². The maximum atomic E-state index is 10.1. The number of aromatic nitrogens is 1. The van der Waals surface area contributed by atoms with Crippen LogP contribution in [0.3, 0.4) is 0 Å². The number of para-hydroxylation sites is 3. The number of nitrogens with zero attached hydrogens (tertiary/aromatic N) is 4. The number of rotatable bonds is 4. The maximum absolute atomic E-state index is 10.1. The van der Waals surface area contributed by atoms with Crippen LogP contribution in [0.1, 0.15) is 48.3 Å². The minimum atomic E-state index is 0.00264. The van der Waals surface area contributed by atoms with E-state index in [0.29, 0.717) is 11.1 Å². The van der Waals surface area contributed by atoms with Gasteiger partial charge in [-0.15, -0.1) is 0 Å². The number of anilines is 2. The largest absolute Gasteiger partial charge is 0.332 e. The average molecular weight is 617 g/mol. The molecule has 0 spiro atoms. The molecule has 2 atom stereocenters. The second-order valence-corrected chi connectivity index (χ2v) is 12.9. The Bertz CT molecular complexity index is 2490. The number of allylic oxidation sites excluding steroid dienone is 6. The number of nitriles is 2. The molecule has 2 heterocycles. The lowest BCUT2D eigenvalue weighted by Crippen LogP contribution is -2.34. The molecular formula is C44H32N4. The first-order valence-corrected chi connectivity index (χ1v) is 16.8. The van der Waals surface area contributed by atoms with Gasteiger partial charge in [-0.1, -0.05) is 85.0 Å². The van der Waals surface area contributed by atoms with Crippen LogP contribution in [-0.4, -0.2) is 10.6 Å². The summed E-state index contributed by atoms with van der Waals surface area (Å²) in [6.45, 7) is 0. The molecule has 0 N–H and O–H groups in total. The molecule has 0 bridgehead atoms. The van der Waals surface area contributed by atoms with Crippen LogP contribution < -0.4 is 15.5 Å². The second kappa shape index (κ2) is 11.3. The Hall–Kier alpha value is -6.10. The molecular weight excluding hydrogens is 585 g/mol. The highest BCUT2D eigenvalue weighted by molar-refractivity contribution is 5.87. The Morgan fingerprint density at radius 1 is 0.750 bits per heavy atom. The Morgan fingerprint density at radius 3 is 2.44 bits per heavy atom. The van der Waals surface area contributed by atoms with E-state index < -0.39 is 0 Å². The van der Waals surface area contributed by atoms with Gasteiger partial charge in [0, 0.05) is 27.9 Å². The van der Waals surface area contributed by atoms with Gasteiger partial charge < -0.3 is 9.47 Å². The summed E-state index contributed by atoms with van der Waals surface area (Å²) in [7, 11) is 0. The minimum Gasteiger partial charge on any atom is -0.332 e. The molecule has 0 amide bonds. The van der Waals surface area contributed by atoms with Gasteiger partial charge >= 0.3 is 0 Å². The van der Waals surface area contributed by atoms with Crippen LogP contribution >= 0.6 is 0 Å². The van der Waals surface area contributed by atoms with Gasteiger partial charge in [0.05, 0.1) is 39.8 Å². The molecule has 4 aromatic carbocycles. The van der Waals surface area contributed by atoms with Crippen molar-refractivity contribution in [1.29, 1.82) is 10.5 Å². The first-order chi connectivity index (χ1) is 23.7. The molecule has 0 saturated carbocycles. The molecule has 4 nitrogen and oxygen atoms in total. The number of benzene rings is 4. The molecule has 2 unspecified atom stereocenters. The third-order valence-corrected chi connectivity index (χ3v) is 10.4. The van der Waals surface area contributed by atoms with Gasteiger partial charge in [0.25, 0.3) is 0 Å². The molecule has 1 aliphatic heterocycles. The van der Waals surface area contributed by atoms with Crippen molar-refractivity contribution in [2.75, 3.05) is 4.90 Å².